The summed E-state index contributed by atoms with van der Waals surface area (Å²) in [6.07, 6.45) is 1.67. The van der Waals surface area contributed by atoms with Gasteiger partial charge in [-0.25, -0.2) is 0 Å². The van der Waals surface area contributed by atoms with Gasteiger partial charge < -0.3 is 4.74 Å². The first-order valence-electron chi connectivity index (χ1n) is 5.13. The predicted molar refractivity (Wildman–Crippen MR) is 69.8 cm³/mol. The fourth-order valence-electron chi connectivity index (χ4n) is 1.61. The minimum Gasteiger partial charge on any atom is -0.497 e. The van der Waals surface area contributed by atoms with Crippen molar-refractivity contribution < 1.29 is 4.74 Å². The fraction of sp³-hybridized carbons (Fsp3) is 0.182. The molecule has 0 N–H and O–H groups in total. The first-order valence-corrected chi connectivity index (χ1v) is 5.90. The molecule has 0 saturated heterocycles. The zero-order chi connectivity index (χ0) is 11.7. The lowest BCUT2D eigenvalue weighted by atomic mass is 10.1. The largest absolute Gasteiger partial charge is 0.497 e. The van der Waals surface area contributed by atoms with E-state index in [2.05, 4.69) is 14.5 Å². The summed E-state index contributed by atoms with van der Waals surface area (Å²) >= 11 is 1.35. The highest BCUT2D eigenvalue weighted by Crippen LogP contribution is 2.21. The van der Waals surface area contributed by atoms with Crippen molar-refractivity contribution in [1.29, 1.82) is 0 Å². The minimum absolute atomic E-state index is 0.592. The third-order valence-electron chi connectivity index (χ3n) is 2.50. The second-order valence-corrected chi connectivity index (χ2v) is 4.29. The van der Waals surface area contributed by atoms with E-state index in [1.807, 2.05) is 24.3 Å². The van der Waals surface area contributed by atoms with Crippen LogP contribution in [-0.4, -0.2) is 35.9 Å². The Balaban J connectivity index is 1.87. The maximum atomic E-state index is 5.12. The summed E-state index contributed by atoms with van der Waals surface area (Å²) in [5.41, 5.74) is 1.99. The number of hydrogen-bond donors (Lipinski definition) is 0. The summed E-state index contributed by atoms with van der Waals surface area (Å²) in [6, 6.07) is 7.81. The third kappa shape index (κ3) is 1.91. The SMILES string of the molecule is COc1ccc(C2=NN3C=NSC3=NC2)cc1. The van der Waals surface area contributed by atoms with Crippen LogP contribution in [0.5, 0.6) is 5.75 Å². The summed E-state index contributed by atoms with van der Waals surface area (Å²) < 4.78 is 9.17. The van der Waals surface area contributed by atoms with E-state index < -0.39 is 0 Å². The van der Waals surface area contributed by atoms with Crippen LogP contribution in [0.2, 0.25) is 0 Å². The smallest absolute Gasteiger partial charge is 0.208 e. The van der Waals surface area contributed by atoms with Crippen molar-refractivity contribution in [2.24, 2.45) is 14.5 Å². The van der Waals surface area contributed by atoms with Gasteiger partial charge in [-0.15, -0.1) is 0 Å². The number of ether oxygens (including phenoxy) is 1. The van der Waals surface area contributed by atoms with Gasteiger partial charge in [0.05, 0.1) is 31.3 Å². The normalized spacial score (nSPS) is 17.6. The quantitative estimate of drug-likeness (QED) is 0.747. The van der Waals surface area contributed by atoms with Gasteiger partial charge in [-0.1, -0.05) is 0 Å². The summed E-state index contributed by atoms with van der Waals surface area (Å²) in [6.45, 7) is 0.592. The Labute approximate surface area is 103 Å². The molecule has 0 radical (unpaired) electrons. The monoisotopic (exact) mass is 246 g/mol. The third-order valence-corrected chi connectivity index (χ3v) is 3.18. The lowest BCUT2D eigenvalue weighted by Crippen LogP contribution is -2.26. The average molecular weight is 246 g/mol. The summed E-state index contributed by atoms with van der Waals surface area (Å²) in [4.78, 5) is 4.41. The standard InChI is InChI=1S/C11H10N4OS/c1-16-9-4-2-8(3-5-9)10-6-12-11-15(14-10)7-13-17-11/h2-5,7H,6H2,1H3. The van der Waals surface area contributed by atoms with Gasteiger partial charge >= 0.3 is 0 Å². The van der Waals surface area contributed by atoms with E-state index in [1.165, 1.54) is 11.9 Å². The summed E-state index contributed by atoms with van der Waals surface area (Å²) in [5, 5.41) is 7.02. The summed E-state index contributed by atoms with van der Waals surface area (Å²) in [5.74, 6) is 0.840. The molecule has 86 valence electrons. The molecule has 0 unspecified atom stereocenters. The van der Waals surface area contributed by atoms with Crippen molar-refractivity contribution in [3.63, 3.8) is 0 Å². The predicted octanol–water partition coefficient (Wildman–Crippen LogP) is 1.76. The Hall–Kier alpha value is -1.82. The summed E-state index contributed by atoms with van der Waals surface area (Å²) in [7, 11) is 1.65. The van der Waals surface area contributed by atoms with E-state index in [1.54, 1.807) is 18.5 Å². The zero-order valence-corrected chi connectivity index (χ0v) is 10.0. The number of rotatable bonds is 2. The number of amidine groups is 1. The molecular weight excluding hydrogens is 236 g/mol. The van der Waals surface area contributed by atoms with Crippen molar-refractivity contribution in [2.75, 3.05) is 13.7 Å². The maximum Gasteiger partial charge on any atom is 0.208 e. The van der Waals surface area contributed by atoms with Crippen LogP contribution in [0.1, 0.15) is 5.56 Å². The van der Waals surface area contributed by atoms with Crippen LogP contribution in [0.3, 0.4) is 0 Å². The van der Waals surface area contributed by atoms with E-state index in [4.69, 9.17) is 4.74 Å². The average Bonchev–Trinajstić information content (AvgIpc) is 2.86. The number of aliphatic imine (C=N–C) groups is 1. The van der Waals surface area contributed by atoms with E-state index in [9.17, 15) is 0 Å². The van der Waals surface area contributed by atoms with Crippen LogP contribution < -0.4 is 4.74 Å². The van der Waals surface area contributed by atoms with E-state index in [-0.39, 0.29) is 0 Å². The highest BCUT2D eigenvalue weighted by Gasteiger charge is 2.20. The highest BCUT2D eigenvalue weighted by atomic mass is 32.2. The van der Waals surface area contributed by atoms with Crippen molar-refractivity contribution in [1.82, 2.24) is 5.01 Å². The molecule has 1 aromatic carbocycles. The zero-order valence-electron chi connectivity index (χ0n) is 9.20. The van der Waals surface area contributed by atoms with Crippen LogP contribution >= 0.6 is 11.9 Å². The number of nitrogens with zero attached hydrogens (tertiary/aromatic N) is 4. The molecule has 0 fully saturated rings. The van der Waals surface area contributed by atoms with Gasteiger partial charge in [0.1, 0.15) is 12.1 Å². The molecule has 2 aliphatic heterocycles. The first kappa shape index (κ1) is 10.3. The highest BCUT2D eigenvalue weighted by molar-refractivity contribution is 8.13. The van der Waals surface area contributed by atoms with Gasteiger partial charge in [0.2, 0.25) is 5.17 Å². The second-order valence-electron chi connectivity index (χ2n) is 3.53. The van der Waals surface area contributed by atoms with Crippen LogP contribution in [-0.2, 0) is 0 Å². The Morgan fingerprint density at radius 3 is 2.88 bits per heavy atom. The molecule has 0 spiro atoms. The van der Waals surface area contributed by atoms with Gasteiger partial charge in [-0.3, -0.25) is 4.99 Å². The molecular formula is C11H10N4OS. The number of hydrogen-bond acceptors (Lipinski definition) is 6. The van der Waals surface area contributed by atoms with Gasteiger partial charge in [-0.2, -0.15) is 14.5 Å². The van der Waals surface area contributed by atoms with Crippen LogP contribution in [0.4, 0.5) is 0 Å². The molecule has 5 nitrogen and oxygen atoms in total. The van der Waals surface area contributed by atoms with Gasteiger partial charge in [-0.05, 0) is 29.8 Å². The molecule has 2 aliphatic rings. The van der Waals surface area contributed by atoms with Crippen molar-refractivity contribution in [3.8, 4) is 5.75 Å². The number of hydrazone groups is 1. The number of fused-ring (bicyclic) bond motifs is 1. The van der Waals surface area contributed by atoms with Crippen LogP contribution in [0.15, 0.2) is 38.8 Å². The second kappa shape index (κ2) is 4.21. The number of benzene rings is 1. The fourth-order valence-corrected chi connectivity index (χ4v) is 2.14. The van der Waals surface area contributed by atoms with Gasteiger partial charge in [0.25, 0.3) is 0 Å². The Kier molecular flexibility index (Phi) is 2.56. The van der Waals surface area contributed by atoms with E-state index >= 15 is 0 Å². The molecule has 1 aromatic rings. The topological polar surface area (TPSA) is 49.5 Å². The van der Waals surface area contributed by atoms with Gasteiger partial charge in [0, 0.05) is 0 Å². The van der Waals surface area contributed by atoms with Gasteiger partial charge in [0.15, 0.2) is 0 Å². The molecule has 2 heterocycles. The van der Waals surface area contributed by atoms with Crippen molar-refractivity contribution in [3.05, 3.63) is 29.8 Å². The van der Waals surface area contributed by atoms with Crippen LogP contribution in [0, 0.1) is 0 Å². The molecule has 17 heavy (non-hydrogen) atoms. The Morgan fingerprint density at radius 1 is 1.29 bits per heavy atom. The molecule has 3 rings (SSSR count). The molecule has 0 aliphatic carbocycles. The first-order chi connectivity index (χ1) is 8.36. The van der Waals surface area contributed by atoms with E-state index in [0.717, 1.165) is 22.2 Å². The van der Waals surface area contributed by atoms with E-state index in [0.29, 0.717) is 6.54 Å². The van der Waals surface area contributed by atoms with Crippen molar-refractivity contribution >= 4 is 29.2 Å². The van der Waals surface area contributed by atoms with Crippen LogP contribution in [0.25, 0.3) is 0 Å². The molecule has 6 heteroatoms. The molecule has 0 saturated carbocycles. The minimum atomic E-state index is 0.592. The number of methoxy groups -OCH3 is 1. The maximum absolute atomic E-state index is 5.12. The Morgan fingerprint density at radius 2 is 2.12 bits per heavy atom. The molecule has 0 atom stereocenters. The van der Waals surface area contributed by atoms with Crippen molar-refractivity contribution in [2.45, 2.75) is 0 Å². The molecule has 0 aromatic heterocycles. The molecule has 0 amide bonds. The lowest BCUT2D eigenvalue weighted by molar-refractivity contribution is 0.415. The lowest BCUT2D eigenvalue weighted by Gasteiger charge is -2.16. The Bertz CT molecular complexity index is 521. The molecule has 0 bridgehead atoms.